The first-order valence-electron chi connectivity index (χ1n) is 6.23. The number of nitriles is 1. The molecule has 1 fully saturated rings. The normalized spacial score (nSPS) is 20.9. The Balaban J connectivity index is 2.24. The molecule has 1 atom stereocenters. The van der Waals surface area contributed by atoms with Crippen molar-refractivity contribution in [2.75, 3.05) is 19.6 Å². The van der Waals surface area contributed by atoms with Crippen LogP contribution >= 0.6 is 0 Å². The van der Waals surface area contributed by atoms with Crippen LogP contribution in [-0.4, -0.2) is 38.4 Å². The van der Waals surface area contributed by atoms with E-state index in [0.717, 1.165) is 0 Å². The molecule has 0 saturated carbocycles. The molecule has 1 aromatic rings. The van der Waals surface area contributed by atoms with Crippen LogP contribution in [0.4, 0.5) is 0 Å². The van der Waals surface area contributed by atoms with Gasteiger partial charge in [0.1, 0.15) is 0 Å². The molecule has 1 saturated heterocycles. The second-order valence-electron chi connectivity index (χ2n) is 4.69. The summed E-state index contributed by atoms with van der Waals surface area (Å²) in [6.45, 7) is 3.71. The van der Waals surface area contributed by atoms with Crippen LogP contribution < -0.4 is 5.32 Å². The average Bonchev–Trinajstić information content (AvgIpc) is 2.39. The van der Waals surface area contributed by atoms with Gasteiger partial charge in [-0.25, -0.2) is 8.42 Å². The van der Waals surface area contributed by atoms with Gasteiger partial charge in [-0.05, 0) is 18.6 Å². The van der Waals surface area contributed by atoms with Crippen molar-refractivity contribution in [3.8, 4) is 6.07 Å². The van der Waals surface area contributed by atoms with Gasteiger partial charge in [0.2, 0.25) is 10.0 Å². The van der Waals surface area contributed by atoms with Crippen molar-refractivity contribution in [3.63, 3.8) is 0 Å². The van der Waals surface area contributed by atoms with E-state index in [1.807, 2.05) is 13.0 Å². The van der Waals surface area contributed by atoms with E-state index in [-0.39, 0.29) is 11.8 Å². The molecule has 0 bridgehead atoms. The number of rotatable bonds is 3. The van der Waals surface area contributed by atoms with Crippen molar-refractivity contribution >= 4 is 10.0 Å². The van der Waals surface area contributed by atoms with Gasteiger partial charge >= 0.3 is 0 Å². The van der Waals surface area contributed by atoms with E-state index in [1.54, 1.807) is 24.3 Å². The van der Waals surface area contributed by atoms with Crippen LogP contribution in [0.25, 0.3) is 0 Å². The third kappa shape index (κ3) is 3.13. The molecule has 2 rings (SSSR count). The summed E-state index contributed by atoms with van der Waals surface area (Å²) in [6.07, 6.45) is 0. The molecule has 1 aromatic carbocycles. The summed E-state index contributed by atoms with van der Waals surface area (Å²) in [4.78, 5) is 0. The quantitative estimate of drug-likeness (QED) is 0.883. The summed E-state index contributed by atoms with van der Waals surface area (Å²) in [5.41, 5.74) is 0.990. The minimum absolute atomic E-state index is 0.0482. The van der Waals surface area contributed by atoms with Crippen LogP contribution in [-0.2, 0) is 15.8 Å². The summed E-state index contributed by atoms with van der Waals surface area (Å²) < 4.78 is 26.4. The van der Waals surface area contributed by atoms with Crippen molar-refractivity contribution < 1.29 is 8.42 Å². The molecule has 0 amide bonds. The van der Waals surface area contributed by atoms with Crippen molar-refractivity contribution in [3.05, 3.63) is 35.4 Å². The molecule has 1 N–H and O–H groups in total. The second-order valence-corrected chi connectivity index (χ2v) is 6.61. The minimum atomic E-state index is -3.38. The molecular formula is C13H17N3O2S. The van der Waals surface area contributed by atoms with Gasteiger partial charge in [0.25, 0.3) is 0 Å². The average molecular weight is 279 g/mol. The molecule has 1 aliphatic heterocycles. The topological polar surface area (TPSA) is 73.2 Å². The van der Waals surface area contributed by atoms with Crippen LogP contribution in [0.1, 0.15) is 18.1 Å². The van der Waals surface area contributed by atoms with E-state index in [1.165, 1.54) is 4.31 Å². The summed E-state index contributed by atoms with van der Waals surface area (Å²) >= 11 is 0. The lowest BCUT2D eigenvalue weighted by Gasteiger charge is -2.32. The summed E-state index contributed by atoms with van der Waals surface area (Å²) in [5, 5.41) is 12.2. The number of hydrogen-bond acceptors (Lipinski definition) is 4. The van der Waals surface area contributed by atoms with Crippen molar-refractivity contribution in [2.24, 2.45) is 0 Å². The van der Waals surface area contributed by atoms with Gasteiger partial charge in [0.15, 0.2) is 0 Å². The largest absolute Gasteiger partial charge is 0.314 e. The molecule has 5 nitrogen and oxygen atoms in total. The van der Waals surface area contributed by atoms with Crippen LogP contribution in [0.2, 0.25) is 0 Å². The molecule has 0 spiro atoms. The Morgan fingerprint density at radius 2 is 2.21 bits per heavy atom. The van der Waals surface area contributed by atoms with Crippen molar-refractivity contribution in [1.82, 2.24) is 9.62 Å². The van der Waals surface area contributed by atoms with Gasteiger partial charge in [0.05, 0.1) is 17.4 Å². The molecule has 102 valence electrons. The fraction of sp³-hybridized carbons (Fsp3) is 0.462. The van der Waals surface area contributed by atoms with Gasteiger partial charge in [-0.15, -0.1) is 0 Å². The Labute approximate surface area is 113 Å². The molecule has 1 aliphatic rings. The predicted molar refractivity (Wildman–Crippen MR) is 72.8 cm³/mol. The first-order valence-corrected chi connectivity index (χ1v) is 7.84. The smallest absolute Gasteiger partial charge is 0.218 e. The summed E-state index contributed by atoms with van der Waals surface area (Å²) in [5.74, 6) is -0.110. The van der Waals surface area contributed by atoms with Gasteiger partial charge < -0.3 is 5.32 Å². The molecule has 6 heteroatoms. The highest BCUT2D eigenvalue weighted by Crippen LogP contribution is 2.17. The van der Waals surface area contributed by atoms with Crippen molar-refractivity contribution in [2.45, 2.75) is 18.7 Å². The summed E-state index contributed by atoms with van der Waals surface area (Å²) in [7, 11) is -3.38. The first kappa shape index (κ1) is 14.0. The maximum Gasteiger partial charge on any atom is 0.218 e. The summed E-state index contributed by atoms with van der Waals surface area (Å²) in [6, 6.07) is 8.83. The lowest BCUT2D eigenvalue weighted by atomic mass is 10.1. The standard InChI is InChI=1S/C13H17N3O2S/c1-11-9-15-6-7-16(11)19(17,18)10-13-5-3-2-4-12(13)8-14/h2-5,11,15H,6-7,9-10H2,1H3. The SMILES string of the molecule is CC1CNCCN1S(=O)(=O)Cc1ccccc1C#N. The second kappa shape index (κ2) is 5.70. The lowest BCUT2D eigenvalue weighted by Crippen LogP contribution is -2.52. The predicted octanol–water partition coefficient (Wildman–Crippen LogP) is 0.682. The zero-order valence-electron chi connectivity index (χ0n) is 10.8. The molecule has 19 heavy (non-hydrogen) atoms. The van der Waals surface area contributed by atoms with Crippen LogP contribution in [0.3, 0.4) is 0 Å². The Bertz CT molecular complexity index is 592. The van der Waals surface area contributed by atoms with E-state index < -0.39 is 10.0 Å². The number of piperazine rings is 1. The molecule has 0 aromatic heterocycles. The fourth-order valence-corrected chi connectivity index (χ4v) is 4.07. The highest BCUT2D eigenvalue weighted by molar-refractivity contribution is 7.88. The van der Waals surface area contributed by atoms with Gasteiger partial charge in [-0.2, -0.15) is 9.57 Å². The number of sulfonamides is 1. The molecular weight excluding hydrogens is 262 g/mol. The number of benzene rings is 1. The Morgan fingerprint density at radius 1 is 1.47 bits per heavy atom. The van der Waals surface area contributed by atoms with Crippen LogP contribution in [0.5, 0.6) is 0 Å². The molecule has 0 aliphatic carbocycles. The number of hydrogen-bond donors (Lipinski definition) is 1. The van der Waals surface area contributed by atoms with Crippen LogP contribution in [0, 0.1) is 11.3 Å². The lowest BCUT2D eigenvalue weighted by molar-refractivity contribution is 0.283. The maximum absolute atomic E-state index is 12.4. The minimum Gasteiger partial charge on any atom is -0.314 e. The Morgan fingerprint density at radius 3 is 2.89 bits per heavy atom. The third-order valence-electron chi connectivity index (χ3n) is 3.27. The monoisotopic (exact) mass is 279 g/mol. The van der Waals surface area contributed by atoms with Crippen LogP contribution in [0.15, 0.2) is 24.3 Å². The Kier molecular flexibility index (Phi) is 4.20. The Hall–Kier alpha value is -1.42. The van der Waals surface area contributed by atoms with E-state index in [2.05, 4.69) is 5.32 Å². The van der Waals surface area contributed by atoms with Gasteiger partial charge in [-0.1, -0.05) is 18.2 Å². The zero-order chi connectivity index (χ0) is 13.9. The highest BCUT2D eigenvalue weighted by Gasteiger charge is 2.29. The molecule has 1 unspecified atom stereocenters. The maximum atomic E-state index is 12.4. The van der Waals surface area contributed by atoms with Gasteiger partial charge in [-0.3, -0.25) is 0 Å². The fourth-order valence-electron chi connectivity index (χ4n) is 2.27. The number of nitrogens with zero attached hydrogens (tertiary/aromatic N) is 2. The van der Waals surface area contributed by atoms with E-state index in [4.69, 9.17) is 5.26 Å². The van der Waals surface area contributed by atoms with Gasteiger partial charge in [0, 0.05) is 25.7 Å². The van der Waals surface area contributed by atoms with E-state index in [0.29, 0.717) is 30.8 Å². The molecule has 0 radical (unpaired) electrons. The molecule has 1 heterocycles. The van der Waals surface area contributed by atoms with Crippen molar-refractivity contribution in [1.29, 1.82) is 5.26 Å². The third-order valence-corrected chi connectivity index (χ3v) is 5.21. The van der Waals surface area contributed by atoms with E-state index >= 15 is 0 Å². The first-order chi connectivity index (χ1) is 9.04. The number of nitrogens with one attached hydrogen (secondary N) is 1. The highest BCUT2D eigenvalue weighted by atomic mass is 32.2. The van der Waals surface area contributed by atoms with E-state index in [9.17, 15) is 8.42 Å². The zero-order valence-corrected chi connectivity index (χ0v) is 11.7.